The average molecular weight is 501 g/mol. The first kappa shape index (κ1) is 23.1. The second kappa shape index (κ2) is 9.25. The van der Waals surface area contributed by atoms with E-state index in [0.717, 1.165) is 58.1 Å². The van der Waals surface area contributed by atoms with Gasteiger partial charge in [0.2, 0.25) is 5.88 Å². The summed E-state index contributed by atoms with van der Waals surface area (Å²) in [4.78, 5) is 16.2. The molecule has 0 saturated carbocycles. The predicted octanol–water partition coefficient (Wildman–Crippen LogP) is 6.44. The Kier molecular flexibility index (Phi) is 5.77. The maximum atomic E-state index is 14.4. The third-order valence-corrected chi connectivity index (χ3v) is 6.68. The van der Waals surface area contributed by atoms with Crippen LogP contribution in [0.1, 0.15) is 34.8 Å². The summed E-state index contributed by atoms with van der Waals surface area (Å²) in [5.41, 5.74) is 2.77. The van der Waals surface area contributed by atoms with E-state index in [1.165, 1.54) is 18.2 Å². The van der Waals surface area contributed by atoms with Gasteiger partial charge in [-0.25, -0.2) is 18.6 Å². The third-order valence-electron chi connectivity index (χ3n) is 6.68. The Morgan fingerprint density at radius 2 is 1.81 bits per heavy atom. The minimum atomic E-state index is -1.36. The Balaban J connectivity index is 1.60. The molecule has 2 aromatic heterocycles. The number of H-pyrrole nitrogens is 1. The number of ether oxygens (including phenoxy) is 2. The molecule has 3 aromatic carbocycles. The van der Waals surface area contributed by atoms with Crippen LogP contribution in [0.25, 0.3) is 32.8 Å². The van der Waals surface area contributed by atoms with Crippen LogP contribution in [0.15, 0.2) is 60.8 Å². The van der Waals surface area contributed by atoms with Gasteiger partial charge in [0.25, 0.3) is 0 Å². The number of pyridine rings is 1. The van der Waals surface area contributed by atoms with Crippen LogP contribution in [0, 0.1) is 11.6 Å². The molecule has 37 heavy (non-hydrogen) atoms. The van der Waals surface area contributed by atoms with Crippen molar-refractivity contribution in [1.82, 2.24) is 15.2 Å². The summed E-state index contributed by atoms with van der Waals surface area (Å²) in [5.74, 6) is -2.17. The number of nitrogens with one attached hydrogen (secondary N) is 1. The number of nitrogens with zero attached hydrogens (tertiary/aromatic N) is 2. The van der Waals surface area contributed by atoms with Gasteiger partial charge in [0.15, 0.2) is 0 Å². The van der Waals surface area contributed by atoms with E-state index in [4.69, 9.17) is 19.6 Å². The highest BCUT2D eigenvalue weighted by molar-refractivity contribution is 6.06. The maximum Gasteiger partial charge on any atom is 0.338 e. The number of carbonyl (C=O) groups is 1. The van der Waals surface area contributed by atoms with E-state index >= 15 is 0 Å². The number of carboxylic acid groups (broad SMARTS) is 1. The van der Waals surface area contributed by atoms with Crippen LogP contribution in [0.4, 0.5) is 8.78 Å². The molecule has 1 fully saturated rings. The Morgan fingerprint density at radius 3 is 2.54 bits per heavy atom. The topological polar surface area (TPSA) is 97.3 Å². The summed E-state index contributed by atoms with van der Waals surface area (Å²) in [6, 6.07) is 13.7. The van der Waals surface area contributed by atoms with E-state index < -0.39 is 17.3 Å². The van der Waals surface area contributed by atoms with Crippen molar-refractivity contribution >= 4 is 27.6 Å². The molecule has 5 aromatic rings. The zero-order valence-corrected chi connectivity index (χ0v) is 19.5. The van der Waals surface area contributed by atoms with Crippen molar-refractivity contribution in [2.24, 2.45) is 0 Å². The molecule has 1 aliphatic rings. The molecule has 0 radical (unpaired) electrons. The zero-order valence-electron chi connectivity index (χ0n) is 19.5. The number of hydrogen-bond donors (Lipinski definition) is 2. The summed E-state index contributed by atoms with van der Waals surface area (Å²) >= 11 is 0. The van der Waals surface area contributed by atoms with Crippen LogP contribution >= 0.6 is 0 Å². The van der Waals surface area contributed by atoms with Crippen molar-refractivity contribution < 1.29 is 28.2 Å². The minimum Gasteiger partial charge on any atom is -0.478 e. The summed E-state index contributed by atoms with van der Waals surface area (Å²) in [7, 11) is 0. The lowest BCUT2D eigenvalue weighted by Gasteiger charge is -2.26. The Morgan fingerprint density at radius 1 is 1.03 bits per heavy atom. The molecule has 186 valence electrons. The largest absolute Gasteiger partial charge is 0.478 e. The molecule has 0 unspecified atom stereocenters. The smallest absolute Gasteiger partial charge is 0.338 e. The van der Waals surface area contributed by atoms with Crippen LogP contribution in [0.5, 0.6) is 11.6 Å². The SMILES string of the molecule is O=C(O)c1ccc(Oc2nc(C3CCOCC3)c(-c3ccc(F)cc3)c3cc4cn[nH]c4cc23)cc1F. The zero-order chi connectivity index (χ0) is 25.5. The van der Waals surface area contributed by atoms with Gasteiger partial charge >= 0.3 is 5.97 Å². The molecule has 0 atom stereocenters. The highest BCUT2D eigenvalue weighted by atomic mass is 19.1. The molecular weight excluding hydrogens is 480 g/mol. The van der Waals surface area contributed by atoms with E-state index in [0.29, 0.717) is 18.6 Å². The first-order chi connectivity index (χ1) is 18.0. The highest BCUT2D eigenvalue weighted by Gasteiger charge is 2.26. The number of benzene rings is 3. The molecule has 2 N–H and O–H groups in total. The fourth-order valence-corrected chi connectivity index (χ4v) is 4.85. The fraction of sp³-hybridized carbons (Fsp3) is 0.179. The summed E-state index contributed by atoms with van der Waals surface area (Å²) < 4.78 is 39.9. The van der Waals surface area contributed by atoms with Crippen molar-refractivity contribution in [1.29, 1.82) is 0 Å². The Bertz CT molecular complexity index is 1640. The van der Waals surface area contributed by atoms with Gasteiger partial charge in [-0.05, 0) is 60.2 Å². The van der Waals surface area contributed by atoms with E-state index in [9.17, 15) is 13.6 Å². The van der Waals surface area contributed by atoms with Gasteiger partial charge in [0.05, 0.1) is 23.0 Å². The number of hydrogen-bond acceptors (Lipinski definition) is 5. The second-order valence-corrected chi connectivity index (χ2v) is 8.97. The fourth-order valence-electron chi connectivity index (χ4n) is 4.85. The van der Waals surface area contributed by atoms with Crippen LogP contribution < -0.4 is 4.74 Å². The van der Waals surface area contributed by atoms with Gasteiger partial charge in [-0.1, -0.05) is 12.1 Å². The molecule has 7 nitrogen and oxygen atoms in total. The van der Waals surface area contributed by atoms with Crippen molar-refractivity contribution in [3.05, 3.63) is 83.7 Å². The van der Waals surface area contributed by atoms with E-state index in [-0.39, 0.29) is 23.4 Å². The van der Waals surface area contributed by atoms with Gasteiger partial charge in [0.1, 0.15) is 17.4 Å². The van der Waals surface area contributed by atoms with E-state index in [1.54, 1.807) is 18.3 Å². The number of fused-ring (bicyclic) bond motifs is 2. The number of aromatic nitrogens is 3. The van der Waals surface area contributed by atoms with E-state index in [2.05, 4.69) is 10.2 Å². The summed E-state index contributed by atoms with van der Waals surface area (Å²) in [5, 5.41) is 18.6. The van der Waals surface area contributed by atoms with Crippen molar-refractivity contribution in [2.75, 3.05) is 13.2 Å². The lowest BCUT2D eigenvalue weighted by molar-refractivity contribution is 0.0691. The molecule has 0 amide bonds. The molecule has 1 saturated heterocycles. The second-order valence-electron chi connectivity index (χ2n) is 8.97. The van der Waals surface area contributed by atoms with E-state index in [1.807, 2.05) is 12.1 Å². The van der Waals surface area contributed by atoms with Crippen molar-refractivity contribution in [3.63, 3.8) is 0 Å². The quantitative estimate of drug-likeness (QED) is 0.288. The molecule has 0 bridgehead atoms. The number of aromatic amines is 1. The monoisotopic (exact) mass is 501 g/mol. The molecule has 6 rings (SSSR count). The first-order valence-corrected chi connectivity index (χ1v) is 11.8. The van der Waals surface area contributed by atoms with Crippen LogP contribution in [0.2, 0.25) is 0 Å². The molecule has 3 heterocycles. The van der Waals surface area contributed by atoms with Gasteiger partial charge in [0, 0.05) is 41.5 Å². The average Bonchev–Trinajstić information content (AvgIpc) is 3.36. The molecule has 0 spiro atoms. The van der Waals surface area contributed by atoms with Crippen molar-refractivity contribution in [3.8, 4) is 22.8 Å². The third kappa shape index (κ3) is 4.27. The normalized spacial score (nSPS) is 14.3. The number of aromatic carboxylic acids is 1. The minimum absolute atomic E-state index is 0.0618. The van der Waals surface area contributed by atoms with Gasteiger partial charge in [-0.2, -0.15) is 5.10 Å². The Labute approximate surface area is 209 Å². The number of carboxylic acids is 1. The van der Waals surface area contributed by atoms with Crippen LogP contribution in [-0.4, -0.2) is 39.5 Å². The Hall–Kier alpha value is -4.37. The van der Waals surface area contributed by atoms with Crippen LogP contribution in [0.3, 0.4) is 0 Å². The van der Waals surface area contributed by atoms with Gasteiger partial charge in [-0.15, -0.1) is 0 Å². The van der Waals surface area contributed by atoms with Gasteiger partial charge in [-0.3, -0.25) is 5.10 Å². The number of halogens is 2. The maximum absolute atomic E-state index is 14.4. The summed E-state index contributed by atoms with van der Waals surface area (Å²) in [6.07, 6.45) is 3.22. The molecule has 1 aliphatic heterocycles. The van der Waals surface area contributed by atoms with Gasteiger partial charge < -0.3 is 14.6 Å². The highest BCUT2D eigenvalue weighted by Crippen LogP contribution is 2.43. The van der Waals surface area contributed by atoms with Crippen LogP contribution in [-0.2, 0) is 4.74 Å². The van der Waals surface area contributed by atoms with Crippen molar-refractivity contribution in [2.45, 2.75) is 18.8 Å². The lowest BCUT2D eigenvalue weighted by atomic mass is 9.87. The number of rotatable bonds is 5. The molecule has 9 heteroatoms. The summed E-state index contributed by atoms with van der Waals surface area (Å²) in [6.45, 7) is 1.18. The molecular formula is C28H21F2N3O4. The standard InChI is InChI=1S/C28H21F2N3O4/c29-18-3-1-15(2-4-18)25-21-11-17-14-31-33-24(17)13-22(21)27(32-26(25)16-7-9-36-10-8-16)37-19-5-6-20(28(34)35)23(30)12-19/h1-6,11-14,16H,7-10H2,(H,31,33)(H,34,35). The lowest BCUT2D eigenvalue weighted by Crippen LogP contribution is -2.16. The first-order valence-electron chi connectivity index (χ1n) is 11.8. The predicted molar refractivity (Wildman–Crippen MR) is 133 cm³/mol. The molecule has 0 aliphatic carbocycles.